The first-order valence-electron chi connectivity index (χ1n) is 10.8. The van der Waals surface area contributed by atoms with E-state index in [0.29, 0.717) is 47.7 Å². The van der Waals surface area contributed by atoms with Crippen LogP contribution >= 0.6 is 0 Å². The Morgan fingerprint density at radius 2 is 1.80 bits per heavy atom. The van der Waals surface area contributed by atoms with E-state index in [1.54, 1.807) is 6.92 Å². The van der Waals surface area contributed by atoms with Crippen molar-refractivity contribution in [2.45, 2.75) is 39.0 Å². The Bertz CT molecular complexity index is 1330. The number of benzene rings is 2. The van der Waals surface area contributed by atoms with E-state index in [1.807, 2.05) is 0 Å². The molecule has 182 valence electrons. The molecule has 0 bridgehead atoms. The van der Waals surface area contributed by atoms with Gasteiger partial charge in [0.15, 0.2) is 0 Å². The van der Waals surface area contributed by atoms with Crippen molar-refractivity contribution in [3.8, 4) is 5.75 Å². The predicted octanol–water partition coefficient (Wildman–Crippen LogP) is 7.06. The fourth-order valence-corrected chi connectivity index (χ4v) is 4.14. The van der Waals surface area contributed by atoms with E-state index in [0.717, 1.165) is 18.2 Å². The van der Waals surface area contributed by atoms with Crippen LogP contribution in [0.25, 0.3) is 11.1 Å². The molecule has 4 rings (SSSR count). The lowest BCUT2D eigenvalue weighted by molar-refractivity contribution is -0.137. The zero-order valence-electron chi connectivity index (χ0n) is 18.5. The molecule has 1 aliphatic rings. The maximum atomic E-state index is 14.1. The first kappa shape index (κ1) is 24.4. The molecule has 0 amide bonds. The average Bonchev–Trinajstić information content (AvgIpc) is 3.27. The molecule has 0 saturated carbocycles. The number of carbonyl (C=O) groups is 1. The third-order valence-electron chi connectivity index (χ3n) is 5.91. The summed E-state index contributed by atoms with van der Waals surface area (Å²) in [5.41, 5.74) is 1.46. The van der Waals surface area contributed by atoms with Gasteiger partial charge in [0.25, 0.3) is 0 Å². The molecule has 1 aromatic heterocycles. The van der Waals surface area contributed by atoms with Gasteiger partial charge in [0.05, 0.1) is 16.8 Å². The highest BCUT2D eigenvalue weighted by atomic mass is 19.4. The molecule has 0 radical (unpaired) electrons. The molecule has 3 aromatic rings. The normalized spacial score (nSPS) is 13.9. The number of ether oxygens (including phenoxy) is 1. The van der Waals surface area contributed by atoms with E-state index < -0.39 is 29.3 Å². The summed E-state index contributed by atoms with van der Waals surface area (Å²) >= 11 is 0. The van der Waals surface area contributed by atoms with Crippen LogP contribution in [0.2, 0.25) is 0 Å². The van der Waals surface area contributed by atoms with Crippen LogP contribution in [0.15, 0.2) is 48.7 Å². The van der Waals surface area contributed by atoms with Crippen molar-refractivity contribution in [1.82, 2.24) is 4.98 Å². The first-order valence-corrected chi connectivity index (χ1v) is 10.8. The number of carboxylic acid groups (broad SMARTS) is 1. The van der Waals surface area contributed by atoms with Crippen LogP contribution in [-0.2, 0) is 12.8 Å². The zero-order valence-corrected chi connectivity index (χ0v) is 18.5. The number of aromatic carboxylic acids is 1. The highest BCUT2D eigenvalue weighted by Crippen LogP contribution is 2.45. The number of rotatable bonds is 6. The molecule has 0 saturated heterocycles. The lowest BCUT2D eigenvalue weighted by atomic mass is 9.95. The van der Waals surface area contributed by atoms with Gasteiger partial charge in [0, 0.05) is 23.4 Å². The smallest absolute Gasteiger partial charge is 0.416 e. The fraction of sp³-hybridized carbons (Fsp3) is 0.231. The van der Waals surface area contributed by atoms with E-state index in [-0.39, 0.29) is 29.0 Å². The second-order valence-corrected chi connectivity index (χ2v) is 8.21. The molecular formula is C26H20F5NO3. The number of aryl methyl sites for hydroxylation is 1. The highest BCUT2D eigenvalue weighted by Gasteiger charge is 2.32. The van der Waals surface area contributed by atoms with E-state index in [1.165, 1.54) is 24.4 Å². The summed E-state index contributed by atoms with van der Waals surface area (Å²) in [4.78, 5) is 15.7. The Morgan fingerprint density at radius 1 is 1.06 bits per heavy atom. The molecule has 1 heterocycles. The second-order valence-electron chi connectivity index (χ2n) is 8.21. The fourth-order valence-electron chi connectivity index (χ4n) is 4.14. The quantitative estimate of drug-likeness (QED) is 0.377. The third-order valence-corrected chi connectivity index (χ3v) is 5.91. The van der Waals surface area contributed by atoms with Crippen LogP contribution in [0.4, 0.5) is 22.0 Å². The Hall–Kier alpha value is -3.75. The van der Waals surface area contributed by atoms with Crippen LogP contribution in [0.3, 0.4) is 0 Å². The standard InChI is InChI=1S/C26H20F5NO3/c1-14-21(25(33)34)9-16(12-32-14)19-3-2-4-20(19)22-10-17(26(29,30)31)6-8-24(22)35-13-15-5-7-18(27)11-23(15)28/h5-12H,2-4,13H2,1H3,(H,33,34). The van der Waals surface area contributed by atoms with E-state index in [4.69, 9.17) is 4.74 Å². The maximum Gasteiger partial charge on any atom is 0.416 e. The molecule has 0 fully saturated rings. The van der Waals surface area contributed by atoms with Crippen molar-refractivity contribution >= 4 is 17.1 Å². The van der Waals surface area contributed by atoms with Gasteiger partial charge in [0.1, 0.15) is 24.0 Å². The Balaban J connectivity index is 1.80. The van der Waals surface area contributed by atoms with Gasteiger partial charge in [0.2, 0.25) is 0 Å². The lowest BCUT2D eigenvalue weighted by Crippen LogP contribution is -2.07. The first-order chi connectivity index (χ1) is 16.5. The largest absolute Gasteiger partial charge is 0.488 e. The molecule has 2 aromatic carbocycles. The minimum absolute atomic E-state index is 0.00792. The van der Waals surface area contributed by atoms with Crippen LogP contribution < -0.4 is 4.74 Å². The molecule has 0 unspecified atom stereocenters. The van der Waals surface area contributed by atoms with Crippen LogP contribution in [0.5, 0.6) is 5.75 Å². The van der Waals surface area contributed by atoms with Gasteiger partial charge in [-0.3, -0.25) is 4.98 Å². The molecular weight excluding hydrogens is 469 g/mol. The molecule has 35 heavy (non-hydrogen) atoms. The van der Waals surface area contributed by atoms with Crippen molar-refractivity contribution in [3.05, 3.63) is 93.8 Å². The topological polar surface area (TPSA) is 59.4 Å². The number of hydrogen-bond donors (Lipinski definition) is 1. The van der Waals surface area contributed by atoms with Gasteiger partial charge in [-0.25, -0.2) is 13.6 Å². The number of carboxylic acids is 1. The third kappa shape index (κ3) is 5.18. The lowest BCUT2D eigenvalue weighted by Gasteiger charge is -2.17. The molecule has 1 N–H and O–H groups in total. The highest BCUT2D eigenvalue weighted by molar-refractivity contribution is 5.96. The summed E-state index contributed by atoms with van der Waals surface area (Å²) in [5.74, 6) is -2.63. The molecule has 4 nitrogen and oxygen atoms in total. The van der Waals surface area contributed by atoms with Crippen LogP contribution in [0.1, 0.15) is 57.6 Å². The van der Waals surface area contributed by atoms with Gasteiger partial charge in [-0.15, -0.1) is 0 Å². The Labute approximate surface area is 197 Å². The van der Waals surface area contributed by atoms with Crippen molar-refractivity contribution in [2.75, 3.05) is 0 Å². The van der Waals surface area contributed by atoms with Gasteiger partial charge in [-0.05, 0) is 79.3 Å². The second kappa shape index (κ2) is 9.48. The number of alkyl halides is 3. The summed E-state index contributed by atoms with van der Waals surface area (Å²) in [6.45, 7) is 1.24. The minimum Gasteiger partial charge on any atom is -0.488 e. The van der Waals surface area contributed by atoms with Gasteiger partial charge >= 0.3 is 12.1 Å². The number of nitrogens with zero attached hydrogens (tertiary/aromatic N) is 1. The van der Waals surface area contributed by atoms with Gasteiger partial charge in [-0.2, -0.15) is 13.2 Å². The summed E-state index contributed by atoms with van der Waals surface area (Å²) in [7, 11) is 0. The van der Waals surface area contributed by atoms with Crippen LogP contribution in [0, 0.1) is 18.6 Å². The predicted molar refractivity (Wildman–Crippen MR) is 119 cm³/mol. The summed E-state index contributed by atoms with van der Waals surface area (Å²) < 4.78 is 73.5. The van der Waals surface area contributed by atoms with Crippen molar-refractivity contribution in [2.24, 2.45) is 0 Å². The van der Waals surface area contributed by atoms with Gasteiger partial charge in [-0.1, -0.05) is 0 Å². The Morgan fingerprint density at radius 3 is 2.49 bits per heavy atom. The number of allylic oxidation sites excluding steroid dienone is 2. The summed E-state index contributed by atoms with van der Waals surface area (Å²) in [6.07, 6.45) is -1.50. The van der Waals surface area contributed by atoms with Crippen molar-refractivity contribution in [1.29, 1.82) is 0 Å². The zero-order chi connectivity index (χ0) is 25.3. The average molecular weight is 489 g/mol. The summed E-state index contributed by atoms with van der Waals surface area (Å²) in [5, 5.41) is 9.45. The SMILES string of the molecule is Cc1ncc(C2=C(c3cc(C(F)(F)F)ccc3OCc3ccc(F)cc3F)CCC2)cc1C(=O)O. The molecule has 1 aliphatic carbocycles. The number of halogens is 5. The Kier molecular flexibility index (Phi) is 6.60. The van der Waals surface area contributed by atoms with E-state index in [9.17, 15) is 31.9 Å². The monoisotopic (exact) mass is 489 g/mol. The molecule has 0 aliphatic heterocycles. The van der Waals surface area contributed by atoms with E-state index >= 15 is 0 Å². The number of hydrogen-bond acceptors (Lipinski definition) is 3. The molecule has 0 spiro atoms. The number of pyridine rings is 1. The van der Waals surface area contributed by atoms with Crippen molar-refractivity contribution in [3.63, 3.8) is 0 Å². The summed E-state index contributed by atoms with van der Waals surface area (Å²) in [6, 6.07) is 7.49. The maximum absolute atomic E-state index is 14.1. The van der Waals surface area contributed by atoms with Crippen LogP contribution in [-0.4, -0.2) is 16.1 Å². The van der Waals surface area contributed by atoms with Crippen molar-refractivity contribution < 1.29 is 36.6 Å². The molecule has 0 atom stereocenters. The minimum atomic E-state index is -4.60. The van der Waals surface area contributed by atoms with Gasteiger partial charge < -0.3 is 9.84 Å². The molecule has 9 heteroatoms. The van der Waals surface area contributed by atoms with E-state index in [2.05, 4.69) is 4.98 Å². The number of aromatic nitrogens is 1.